The first-order valence-electron chi connectivity index (χ1n) is 6.66. The van der Waals surface area contributed by atoms with Crippen molar-refractivity contribution in [2.75, 3.05) is 26.3 Å². The van der Waals surface area contributed by atoms with Crippen LogP contribution in [0.3, 0.4) is 0 Å². The van der Waals surface area contributed by atoms with E-state index in [0.717, 1.165) is 24.9 Å². The van der Waals surface area contributed by atoms with Crippen molar-refractivity contribution in [3.8, 4) is 0 Å². The Bertz CT molecular complexity index is 242. The van der Waals surface area contributed by atoms with Crippen molar-refractivity contribution in [2.45, 2.75) is 39.0 Å². The summed E-state index contributed by atoms with van der Waals surface area (Å²) in [5.74, 6) is 1.85. The average molecular weight is 225 g/mol. The molecular formula is C13H23NO2. The van der Waals surface area contributed by atoms with Crippen LogP contribution in [0.5, 0.6) is 0 Å². The van der Waals surface area contributed by atoms with Gasteiger partial charge in [-0.05, 0) is 31.6 Å². The fourth-order valence-electron chi connectivity index (χ4n) is 3.11. The van der Waals surface area contributed by atoms with E-state index in [2.05, 4.69) is 0 Å². The lowest BCUT2D eigenvalue weighted by Gasteiger charge is -2.41. The van der Waals surface area contributed by atoms with E-state index in [1.54, 1.807) is 0 Å². The molecule has 1 aliphatic heterocycles. The molecule has 16 heavy (non-hydrogen) atoms. The van der Waals surface area contributed by atoms with Crippen LogP contribution in [0.1, 0.15) is 39.0 Å². The van der Waals surface area contributed by atoms with Crippen LogP contribution >= 0.6 is 0 Å². The Labute approximate surface area is 98.1 Å². The fourth-order valence-corrected chi connectivity index (χ4v) is 3.11. The standard InChI is InChI=1S/C13H23NO2/c1-2-16-10-13(15)14-8-7-11-5-3-4-6-12(11)9-14/h11-12H,2-10H2,1H3/t11-,12-/m1/s1. The average Bonchev–Trinajstić information content (AvgIpc) is 2.35. The molecule has 0 aromatic carbocycles. The van der Waals surface area contributed by atoms with Crippen molar-refractivity contribution in [3.05, 3.63) is 0 Å². The molecule has 1 saturated carbocycles. The molecule has 0 N–H and O–H groups in total. The molecule has 3 heteroatoms. The molecule has 2 fully saturated rings. The van der Waals surface area contributed by atoms with Gasteiger partial charge in [-0.15, -0.1) is 0 Å². The van der Waals surface area contributed by atoms with E-state index in [9.17, 15) is 4.79 Å². The quantitative estimate of drug-likeness (QED) is 0.736. The summed E-state index contributed by atoms with van der Waals surface area (Å²) in [5.41, 5.74) is 0. The van der Waals surface area contributed by atoms with Gasteiger partial charge in [-0.3, -0.25) is 4.79 Å². The van der Waals surface area contributed by atoms with Crippen LogP contribution < -0.4 is 0 Å². The van der Waals surface area contributed by atoms with Crippen molar-refractivity contribution in [2.24, 2.45) is 11.8 Å². The molecule has 1 saturated heterocycles. The minimum absolute atomic E-state index is 0.186. The highest BCUT2D eigenvalue weighted by atomic mass is 16.5. The second-order valence-corrected chi connectivity index (χ2v) is 5.07. The summed E-state index contributed by atoms with van der Waals surface area (Å²) < 4.78 is 5.19. The van der Waals surface area contributed by atoms with E-state index in [4.69, 9.17) is 4.74 Å². The predicted molar refractivity (Wildman–Crippen MR) is 63.1 cm³/mol. The van der Waals surface area contributed by atoms with Crippen LogP contribution in [0, 0.1) is 11.8 Å². The third-order valence-electron chi connectivity index (χ3n) is 4.07. The van der Waals surface area contributed by atoms with Crippen molar-refractivity contribution in [1.82, 2.24) is 4.90 Å². The van der Waals surface area contributed by atoms with Gasteiger partial charge in [0.15, 0.2) is 0 Å². The molecule has 1 amide bonds. The predicted octanol–water partition coefficient (Wildman–Crippen LogP) is 2.06. The van der Waals surface area contributed by atoms with E-state index in [1.165, 1.54) is 32.1 Å². The van der Waals surface area contributed by atoms with Gasteiger partial charge in [-0.25, -0.2) is 0 Å². The molecular weight excluding hydrogens is 202 g/mol. The Morgan fingerprint density at radius 1 is 1.25 bits per heavy atom. The molecule has 0 aromatic heterocycles. The molecule has 0 spiro atoms. The van der Waals surface area contributed by atoms with Gasteiger partial charge in [0.2, 0.25) is 5.91 Å². The lowest BCUT2D eigenvalue weighted by atomic mass is 9.75. The van der Waals surface area contributed by atoms with Crippen LogP contribution in [0.4, 0.5) is 0 Å². The molecule has 1 aliphatic carbocycles. The smallest absolute Gasteiger partial charge is 0.248 e. The van der Waals surface area contributed by atoms with Gasteiger partial charge in [0.1, 0.15) is 6.61 Å². The van der Waals surface area contributed by atoms with Crippen LogP contribution in [0.25, 0.3) is 0 Å². The van der Waals surface area contributed by atoms with E-state index in [-0.39, 0.29) is 12.5 Å². The number of carbonyl (C=O) groups excluding carboxylic acids is 1. The van der Waals surface area contributed by atoms with Crippen molar-refractivity contribution in [1.29, 1.82) is 0 Å². The van der Waals surface area contributed by atoms with Crippen molar-refractivity contribution < 1.29 is 9.53 Å². The van der Waals surface area contributed by atoms with Crippen LogP contribution in [0.15, 0.2) is 0 Å². The first-order chi connectivity index (χ1) is 7.81. The maximum Gasteiger partial charge on any atom is 0.248 e. The Hall–Kier alpha value is -0.570. The molecule has 1 heterocycles. The van der Waals surface area contributed by atoms with Crippen molar-refractivity contribution >= 4 is 5.91 Å². The summed E-state index contributed by atoms with van der Waals surface area (Å²) in [4.78, 5) is 13.8. The van der Waals surface area contributed by atoms with E-state index in [1.807, 2.05) is 11.8 Å². The number of hydrogen-bond acceptors (Lipinski definition) is 2. The number of ether oxygens (including phenoxy) is 1. The SMILES string of the molecule is CCOCC(=O)N1CC[C@H]2CCCC[C@@H]2C1. The highest BCUT2D eigenvalue weighted by molar-refractivity contribution is 5.77. The highest BCUT2D eigenvalue weighted by Gasteiger charge is 2.32. The molecule has 0 bridgehead atoms. The van der Waals surface area contributed by atoms with Crippen molar-refractivity contribution in [3.63, 3.8) is 0 Å². The summed E-state index contributed by atoms with van der Waals surface area (Å²) in [6, 6.07) is 0. The number of nitrogens with zero attached hydrogens (tertiary/aromatic N) is 1. The Morgan fingerprint density at radius 3 is 2.75 bits per heavy atom. The number of likely N-dealkylation sites (tertiary alicyclic amines) is 1. The minimum Gasteiger partial charge on any atom is -0.372 e. The van der Waals surface area contributed by atoms with Gasteiger partial charge in [0.25, 0.3) is 0 Å². The first-order valence-corrected chi connectivity index (χ1v) is 6.66. The number of rotatable bonds is 3. The summed E-state index contributed by atoms with van der Waals surface area (Å²) in [6.07, 6.45) is 6.67. The van der Waals surface area contributed by atoms with Crippen LogP contribution in [-0.2, 0) is 9.53 Å². The molecule has 0 unspecified atom stereocenters. The molecule has 0 aromatic rings. The number of amides is 1. The molecule has 2 atom stereocenters. The van der Waals surface area contributed by atoms with Gasteiger partial charge in [-0.1, -0.05) is 19.3 Å². The third-order valence-corrected chi connectivity index (χ3v) is 4.07. The van der Waals surface area contributed by atoms with E-state index < -0.39 is 0 Å². The van der Waals surface area contributed by atoms with Gasteiger partial charge >= 0.3 is 0 Å². The number of hydrogen-bond donors (Lipinski definition) is 0. The van der Waals surface area contributed by atoms with Crippen LogP contribution in [0.2, 0.25) is 0 Å². The van der Waals surface area contributed by atoms with Gasteiger partial charge in [0.05, 0.1) is 0 Å². The maximum atomic E-state index is 11.8. The van der Waals surface area contributed by atoms with Crippen LogP contribution in [-0.4, -0.2) is 37.1 Å². The molecule has 2 aliphatic rings. The normalized spacial score (nSPS) is 29.9. The summed E-state index contributed by atoms with van der Waals surface area (Å²) in [5, 5.41) is 0. The van der Waals surface area contributed by atoms with Gasteiger partial charge in [-0.2, -0.15) is 0 Å². The number of carbonyl (C=O) groups is 1. The Kier molecular flexibility index (Phi) is 4.22. The molecule has 2 rings (SSSR count). The second-order valence-electron chi connectivity index (χ2n) is 5.07. The highest BCUT2D eigenvalue weighted by Crippen LogP contribution is 2.35. The maximum absolute atomic E-state index is 11.8. The second kappa shape index (κ2) is 5.67. The molecule has 0 radical (unpaired) electrons. The Balaban J connectivity index is 1.82. The van der Waals surface area contributed by atoms with Gasteiger partial charge < -0.3 is 9.64 Å². The van der Waals surface area contributed by atoms with Gasteiger partial charge in [0, 0.05) is 19.7 Å². The van der Waals surface area contributed by atoms with E-state index in [0.29, 0.717) is 6.61 Å². The molecule has 3 nitrogen and oxygen atoms in total. The van der Waals surface area contributed by atoms with E-state index >= 15 is 0 Å². The largest absolute Gasteiger partial charge is 0.372 e. The Morgan fingerprint density at radius 2 is 2.00 bits per heavy atom. The summed E-state index contributed by atoms with van der Waals surface area (Å²) >= 11 is 0. The zero-order valence-electron chi connectivity index (χ0n) is 10.3. The fraction of sp³-hybridized carbons (Fsp3) is 0.923. The third kappa shape index (κ3) is 2.76. The zero-order chi connectivity index (χ0) is 11.4. The topological polar surface area (TPSA) is 29.5 Å². The minimum atomic E-state index is 0.186. The molecule has 92 valence electrons. The monoisotopic (exact) mass is 225 g/mol. The summed E-state index contributed by atoms with van der Waals surface area (Å²) in [6.45, 7) is 4.77. The number of fused-ring (bicyclic) bond motifs is 1. The lowest BCUT2D eigenvalue weighted by Crippen LogP contribution is -2.46. The number of piperidine rings is 1. The zero-order valence-corrected chi connectivity index (χ0v) is 10.3. The summed E-state index contributed by atoms with van der Waals surface area (Å²) in [7, 11) is 0. The lowest BCUT2D eigenvalue weighted by molar-refractivity contribution is -0.139. The first kappa shape index (κ1) is 11.9.